The lowest BCUT2D eigenvalue weighted by atomic mass is 10.1. The minimum Gasteiger partial charge on any atom is -0.388 e. The van der Waals surface area contributed by atoms with Crippen LogP contribution in [0.3, 0.4) is 0 Å². The Hall–Kier alpha value is -0.770. The average Bonchev–Trinajstić information content (AvgIpc) is 2.36. The molecule has 0 aliphatic rings. The van der Waals surface area contributed by atoms with E-state index in [0.29, 0.717) is 17.9 Å². The number of nitrogens with one attached hydrogen (secondary N) is 1. The highest BCUT2D eigenvalue weighted by Crippen LogP contribution is 2.29. The van der Waals surface area contributed by atoms with Gasteiger partial charge in [0.1, 0.15) is 0 Å². The van der Waals surface area contributed by atoms with Crippen LogP contribution in [-0.4, -0.2) is 37.7 Å². The predicted molar refractivity (Wildman–Crippen MR) is 75.6 cm³/mol. The molecule has 0 radical (unpaired) electrons. The van der Waals surface area contributed by atoms with Crippen LogP contribution in [0.1, 0.15) is 12.5 Å². The quantitative estimate of drug-likeness (QED) is 0.830. The number of aliphatic hydroxyl groups is 1. The van der Waals surface area contributed by atoms with Crippen molar-refractivity contribution in [1.82, 2.24) is 4.72 Å². The lowest BCUT2D eigenvalue weighted by molar-refractivity contribution is -0.137. The van der Waals surface area contributed by atoms with Gasteiger partial charge in [-0.25, -0.2) is 13.1 Å². The maximum absolute atomic E-state index is 12.4. The minimum absolute atomic E-state index is 0.225. The Morgan fingerprint density at radius 2 is 1.76 bits per heavy atom. The minimum atomic E-state index is -4.52. The molecule has 1 aromatic rings. The van der Waals surface area contributed by atoms with Crippen LogP contribution < -0.4 is 4.72 Å². The van der Waals surface area contributed by atoms with Crippen LogP contribution in [-0.2, 0) is 16.2 Å². The molecule has 0 fully saturated rings. The zero-order valence-corrected chi connectivity index (χ0v) is 13.1. The van der Waals surface area contributed by atoms with Gasteiger partial charge in [-0.2, -0.15) is 24.9 Å². The number of halogens is 3. The fourth-order valence-corrected chi connectivity index (χ4v) is 3.40. The van der Waals surface area contributed by atoms with E-state index in [2.05, 4.69) is 4.72 Å². The summed E-state index contributed by atoms with van der Waals surface area (Å²) in [5, 5.41) is 9.88. The van der Waals surface area contributed by atoms with Crippen molar-refractivity contribution >= 4 is 21.8 Å². The molecule has 0 aliphatic carbocycles. The summed E-state index contributed by atoms with van der Waals surface area (Å²) in [6.45, 7) is 1.25. The van der Waals surface area contributed by atoms with Crippen LogP contribution in [0.15, 0.2) is 29.2 Å². The summed E-state index contributed by atoms with van der Waals surface area (Å²) < 4.78 is 63.3. The first-order valence-electron chi connectivity index (χ1n) is 5.86. The summed E-state index contributed by atoms with van der Waals surface area (Å²) in [4.78, 5) is -0.282. The monoisotopic (exact) mass is 343 g/mol. The van der Waals surface area contributed by atoms with Crippen LogP contribution in [0.2, 0.25) is 0 Å². The van der Waals surface area contributed by atoms with Gasteiger partial charge in [0.05, 0.1) is 16.1 Å². The third-order valence-electron chi connectivity index (χ3n) is 2.59. The largest absolute Gasteiger partial charge is 0.416 e. The summed E-state index contributed by atoms with van der Waals surface area (Å²) in [6, 6.07) is 3.17. The molecule has 4 nitrogen and oxygen atoms in total. The molecule has 0 spiro atoms. The van der Waals surface area contributed by atoms with E-state index in [1.165, 1.54) is 18.7 Å². The number of hydrogen-bond acceptors (Lipinski definition) is 4. The lowest BCUT2D eigenvalue weighted by Crippen LogP contribution is -2.42. The van der Waals surface area contributed by atoms with Gasteiger partial charge in [-0.15, -0.1) is 0 Å². The van der Waals surface area contributed by atoms with E-state index in [-0.39, 0.29) is 11.4 Å². The number of benzene rings is 1. The van der Waals surface area contributed by atoms with E-state index in [4.69, 9.17) is 0 Å². The predicted octanol–water partition coefficient (Wildman–Crippen LogP) is 2.10. The molecule has 1 atom stereocenters. The number of alkyl halides is 3. The van der Waals surface area contributed by atoms with Gasteiger partial charge in [-0.3, -0.25) is 0 Å². The van der Waals surface area contributed by atoms with Crippen LogP contribution in [0.5, 0.6) is 0 Å². The highest BCUT2D eigenvalue weighted by molar-refractivity contribution is 7.98. The fraction of sp³-hybridized carbons (Fsp3) is 0.500. The summed E-state index contributed by atoms with van der Waals surface area (Å²) in [5.74, 6) is 0.322. The number of rotatable bonds is 6. The standard InChI is InChI=1S/C12H16F3NO3S2/c1-11(17,8-20-2)7-16-21(18,19)10-5-3-9(4-6-10)12(13,14)15/h3-6,16-17H,7-8H2,1-2H3/t11-/m0/s1. The number of sulfonamides is 1. The first kappa shape index (κ1) is 18.3. The SMILES string of the molecule is CSC[C@@](C)(O)CNS(=O)(=O)c1ccc(C(F)(F)F)cc1. The Morgan fingerprint density at radius 3 is 2.19 bits per heavy atom. The van der Waals surface area contributed by atoms with E-state index in [0.717, 1.165) is 12.1 Å². The van der Waals surface area contributed by atoms with Gasteiger partial charge in [-0.1, -0.05) is 0 Å². The van der Waals surface area contributed by atoms with Crippen molar-refractivity contribution in [3.05, 3.63) is 29.8 Å². The first-order valence-corrected chi connectivity index (χ1v) is 8.74. The third-order valence-corrected chi connectivity index (χ3v) is 4.92. The molecule has 0 unspecified atom stereocenters. The van der Waals surface area contributed by atoms with Crippen molar-refractivity contribution in [2.24, 2.45) is 0 Å². The van der Waals surface area contributed by atoms with Gasteiger partial charge in [0.15, 0.2) is 0 Å². The molecule has 0 heterocycles. The van der Waals surface area contributed by atoms with E-state index in [1.807, 2.05) is 0 Å². The van der Waals surface area contributed by atoms with Crippen molar-refractivity contribution < 1.29 is 26.7 Å². The zero-order chi connectivity index (χ0) is 16.3. The topological polar surface area (TPSA) is 66.4 Å². The maximum atomic E-state index is 12.4. The van der Waals surface area contributed by atoms with Crippen LogP contribution >= 0.6 is 11.8 Å². The molecule has 0 aliphatic heterocycles. The Bertz CT molecular complexity index is 568. The summed E-state index contributed by atoms with van der Waals surface area (Å²) in [5.41, 5.74) is -2.16. The highest BCUT2D eigenvalue weighted by atomic mass is 32.2. The average molecular weight is 343 g/mol. The third kappa shape index (κ3) is 5.50. The van der Waals surface area contributed by atoms with E-state index in [9.17, 15) is 26.7 Å². The Balaban J connectivity index is 2.84. The molecule has 0 saturated heterocycles. The molecule has 2 N–H and O–H groups in total. The first-order chi connectivity index (χ1) is 9.48. The van der Waals surface area contributed by atoms with Gasteiger partial charge in [0.2, 0.25) is 10.0 Å². The summed E-state index contributed by atoms with van der Waals surface area (Å²) in [7, 11) is -3.96. The maximum Gasteiger partial charge on any atom is 0.416 e. The summed E-state index contributed by atoms with van der Waals surface area (Å²) >= 11 is 1.35. The molecule has 21 heavy (non-hydrogen) atoms. The second kappa shape index (κ2) is 6.55. The Morgan fingerprint density at radius 1 is 1.24 bits per heavy atom. The fourth-order valence-electron chi connectivity index (χ4n) is 1.52. The molecule has 0 bridgehead atoms. The normalized spacial score (nSPS) is 15.7. The lowest BCUT2D eigenvalue weighted by Gasteiger charge is -2.22. The van der Waals surface area contributed by atoms with Crippen LogP contribution in [0, 0.1) is 0 Å². The molecule has 0 aromatic heterocycles. The molecule has 1 aromatic carbocycles. The van der Waals surface area contributed by atoms with Crippen LogP contribution in [0.4, 0.5) is 13.2 Å². The highest BCUT2D eigenvalue weighted by Gasteiger charge is 2.31. The van der Waals surface area contributed by atoms with Crippen LogP contribution in [0.25, 0.3) is 0 Å². The molecular formula is C12H16F3NO3S2. The Labute approximate surface area is 125 Å². The Kier molecular flexibility index (Phi) is 5.70. The summed E-state index contributed by atoms with van der Waals surface area (Å²) in [6.07, 6.45) is -2.75. The molecule has 120 valence electrons. The molecule has 0 amide bonds. The van der Waals surface area contributed by atoms with Gasteiger partial charge in [0, 0.05) is 12.3 Å². The zero-order valence-electron chi connectivity index (χ0n) is 11.4. The van der Waals surface area contributed by atoms with Crippen molar-refractivity contribution in [2.45, 2.75) is 23.6 Å². The van der Waals surface area contributed by atoms with E-state index < -0.39 is 27.4 Å². The van der Waals surface area contributed by atoms with E-state index >= 15 is 0 Å². The molecule has 0 saturated carbocycles. The molecular weight excluding hydrogens is 327 g/mol. The van der Waals surface area contributed by atoms with Gasteiger partial charge in [-0.05, 0) is 37.4 Å². The molecule has 9 heteroatoms. The van der Waals surface area contributed by atoms with Crippen molar-refractivity contribution in [1.29, 1.82) is 0 Å². The van der Waals surface area contributed by atoms with Crippen molar-refractivity contribution in [2.75, 3.05) is 18.6 Å². The van der Waals surface area contributed by atoms with Crippen molar-refractivity contribution in [3.8, 4) is 0 Å². The van der Waals surface area contributed by atoms with E-state index in [1.54, 1.807) is 6.26 Å². The van der Waals surface area contributed by atoms with Gasteiger partial charge in [0.25, 0.3) is 0 Å². The number of hydrogen-bond donors (Lipinski definition) is 2. The smallest absolute Gasteiger partial charge is 0.388 e. The second-order valence-electron chi connectivity index (χ2n) is 4.78. The van der Waals surface area contributed by atoms with Gasteiger partial charge < -0.3 is 5.11 Å². The van der Waals surface area contributed by atoms with Crippen molar-refractivity contribution in [3.63, 3.8) is 0 Å². The second-order valence-corrected chi connectivity index (χ2v) is 7.41. The van der Waals surface area contributed by atoms with Gasteiger partial charge >= 0.3 is 6.18 Å². The molecule has 1 rings (SSSR count). The number of thioether (sulfide) groups is 1.